The Hall–Kier alpha value is -1.91. The van der Waals surface area contributed by atoms with E-state index in [0.29, 0.717) is 17.0 Å². The monoisotopic (exact) mass is 304 g/mol. The number of amides is 1. The number of benzene rings is 1. The molecule has 0 saturated heterocycles. The number of hydrogen-bond acceptors (Lipinski definition) is 3. The van der Waals surface area contributed by atoms with Gasteiger partial charge < -0.3 is 10.4 Å². The number of aromatic nitrogens is 1. The van der Waals surface area contributed by atoms with Crippen molar-refractivity contribution < 1.29 is 9.90 Å². The molecular weight excluding hydrogens is 288 g/mol. The van der Waals surface area contributed by atoms with E-state index in [2.05, 4.69) is 10.3 Å². The minimum atomic E-state index is -0.251. The molecule has 110 valence electrons. The Morgan fingerprint density at radius 1 is 1.38 bits per heavy atom. The van der Waals surface area contributed by atoms with E-state index in [4.69, 9.17) is 16.7 Å². The van der Waals surface area contributed by atoms with E-state index < -0.39 is 0 Å². The molecule has 0 fully saturated rings. The minimum Gasteiger partial charge on any atom is -0.396 e. The van der Waals surface area contributed by atoms with E-state index in [1.165, 1.54) is 0 Å². The number of carbonyl (C=O) groups excluding carboxylic acids is 1. The van der Waals surface area contributed by atoms with Gasteiger partial charge in [-0.2, -0.15) is 0 Å². The first-order valence-electron chi connectivity index (χ1n) is 6.74. The molecule has 1 aromatic carbocycles. The molecule has 0 spiro atoms. The van der Waals surface area contributed by atoms with Crippen molar-refractivity contribution in [1.29, 1.82) is 0 Å². The normalized spacial score (nSPS) is 12.0. The third kappa shape index (κ3) is 4.03. The van der Waals surface area contributed by atoms with Crippen LogP contribution < -0.4 is 5.32 Å². The number of halogens is 1. The number of carbonyl (C=O) groups is 1. The zero-order valence-corrected chi connectivity index (χ0v) is 12.5. The molecule has 0 aliphatic heterocycles. The highest BCUT2D eigenvalue weighted by molar-refractivity contribution is 6.34. The fourth-order valence-electron chi connectivity index (χ4n) is 1.96. The van der Waals surface area contributed by atoms with Gasteiger partial charge in [0, 0.05) is 24.4 Å². The summed E-state index contributed by atoms with van der Waals surface area (Å²) in [4.78, 5) is 16.5. The summed E-state index contributed by atoms with van der Waals surface area (Å²) in [6.07, 6.45) is 2.20. The summed E-state index contributed by atoms with van der Waals surface area (Å²) in [6.45, 7) is 1.87. The number of hydrogen-bond donors (Lipinski definition) is 2. The van der Waals surface area contributed by atoms with Crippen molar-refractivity contribution in [3.63, 3.8) is 0 Å². The van der Waals surface area contributed by atoms with Gasteiger partial charge in [-0.15, -0.1) is 0 Å². The number of aliphatic hydroxyl groups is 1. The summed E-state index contributed by atoms with van der Waals surface area (Å²) in [6, 6.07) is 10.7. The number of rotatable bonds is 5. The summed E-state index contributed by atoms with van der Waals surface area (Å²) in [7, 11) is 0. The average molecular weight is 305 g/mol. The van der Waals surface area contributed by atoms with Crippen LogP contribution in [0, 0.1) is 0 Å². The van der Waals surface area contributed by atoms with Crippen LogP contribution in [0.15, 0.2) is 42.6 Å². The van der Waals surface area contributed by atoms with Crippen LogP contribution in [0.3, 0.4) is 0 Å². The van der Waals surface area contributed by atoms with Crippen LogP contribution in [-0.4, -0.2) is 28.6 Å². The van der Waals surface area contributed by atoms with Gasteiger partial charge in [0.05, 0.1) is 16.3 Å². The molecule has 0 aliphatic carbocycles. The first-order valence-corrected chi connectivity index (χ1v) is 7.12. The molecule has 2 rings (SSSR count). The van der Waals surface area contributed by atoms with Gasteiger partial charge in [-0.3, -0.25) is 9.78 Å². The Labute approximate surface area is 128 Å². The van der Waals surface area contributed by atoms with E-state index in [1.54, 1.807) is 18.3 Å². The summed E-state index contributed by atoms with van der Waals surface area (Å²) in [5, 5.41) is 12.1. The Bertz CT molecular complexity index is 617. The molecule has 5 heteroatoms. The van der Waals surface area contributed by atoms with Gasteiger partial charge in [0.15, 0.2) is 0 Å². The molecular formula is C16H17ClN2O2. The lowest BCUT2D eigenvalue weighted by molar-refractivity contribution is 0.0934. The third-order valence-electron chi connectivity index (χ3n) is 3.11. The lowest BCUT2D eigenvalue weighted by atomic mass is 10.1. The Morgan fingerprint density at radius 3 is 2.86 bits per heavy atom. The van der Waals surface area contributed by atoms with Crippen LogP contribution in [0.1, 0.15) is 23.7 Å². The SMILES string of the molecule is CC(CCO)NC(=O)c1cc(-c2ccccn2)ccc1Cl. The Balaban J connectivity index is 2.25. The quantitative estimate of drug-likeness (QED) is 0.893. The van der Waals surface area contributed by atoms with Crippen LogP contribution in [0.4, 0.5) is 0 Å². The third-order valence-corrected chi connectivity index (χ3v) is 3.44. The molecule has 1 amide bonds. The van der Waals surface area contributed by atoms with E-state index >= 15 is 0 Å². The molecule has 1 atom stereocenters. The molecule has 0 saturated carbocycles. The highest BCUT2D eigenvalue weighted by Crippen LogP contribution is 2.24. The molecule has 0 aliphatic rings. The van der Waals surface area contributed by atoms with Gasteiger partial charge in [0.2, 0.25) is 0 Å². The van der Waals surface area contributed by atoms with E-state index in [-0.39, 0.29) is 18.6 Å². The number of nitrogens with zero attached hydrogens (tertiary/aromatic N) is 1. The van der Waals surface area contributed by atoms with Crippen molar-refractivity contribution in [1.82, 2.24) is 10.3 Å². The Kier molecular flexibility index (Phi) is 5.31. The lowest BCUT2D eigenvalue weighted by Gasteiger charge is -2.14. The largest absolute Gasteiger partial charge is 0.396 e. The zero-order valence-electron chi connectivity index (χ0n) is 11.7. The topological polar surface area (TPSA) is 62.2 Å². The number of aliphatic hydroxyl groups excluding tert-OH is 1. The smallest absolute Gasteiger partial charge is 0.253 e. The van der Waals surface area contributed by atoms with Gasteiger partial charge in [-0.1, -0.05) is 23.7 Å². The second kappa shape index (κ2) is 7.20. The molecule has 2 aromatic rings. The lowest BCUT2D eigenvalue weighted by Crippen LogP contribution is -2.33. The molecule has 1 unspecified atom stereocenters. The predicted molar refractivity (Wildman–Crippen MR) is 83.3 cm³/mol. The summed E-state index contributed by atoms with van der Waals surface area (Å²) in [5.74, 6) is -0.251. The Morgan fingerprint density at radius 2 is 2.19 bits per heavy atom. The first-order chi connectivity index (χ1) is 10.1. The van der Waals surface area contributed by atoms with Crippen LogP contribution in [-0.2, 0) is 0 Å². The molecule has 1 aromatic heterocycles. The van der Waals surface area contributed by atoms with Crippen LogP contribution in [0.2, 0.25) is 5.02 Å². The highest BCUT2D eigenvalue weighted by atomic mass is 35.5. The highest BCUT2D eigenvalue weighted by Gasteiger charge is 2.14. The number of nitrogens with one attached hydrogen (secondary N) is 1. The van der Waals surface area contributed by atoms with E-state index in [9.17, 15) is 4.79 Å². The fourth-order valence-corrected chi connectivity index (χ4v) is 2.16. The number of pyridine rings is 1. The maximum Gasteiger partial charge on any atom is 0.253 e. The summed E-state index contributed by atoms with van der Waals surface area (Å²) in [5.41, 5.74) is 2.02. The second-order valence-corrected chi connectivity index (χ2v) is 5.20. The van der Waals surface area contributed by atoms with Crippen molar-refractivity contribution in [2.75, 3.05) is 6.61 Å². The summed E-state index contributed by atoms with van der Waals surface area (Å²) >= 11 is 6.11. The van der Waals surface area contributed by atoms with Crippen molar-refractivity contribution in [3.8, 4) is 11.3 Å². The van der Waals surface area contributed by atoms with Crippen molar-refractivity contribution in [3.05, 3.63) is 53.2 Å². The van der Waals surface area contributed by atoms with Gasteiger partial charge in [-0.25, -0.2) is 0 Å². The van der Waals surface area contributed by atoms with Crippen molar-refractivity contribution >= 4 is 17.5 Å². The average Bonchev–Trinajstić information content (AvgIpc) is 2.48. The van der Waals surface area contributed by atoms with Crippen molar-refractivity contribution in [2.45, 2.75) is 19.4 Å². The van der Waals surface area contributed by atoms with Gasteiger partial charge in [0.25, 0.3) is 5.91 Å². The fraction of sp³-hybridized carbons (Fsp3) is 0.250. The maximum absolute atomic E-state index is 12.2. The molecule has 0 radical (unpaired) electrons. The standard InChI is InChI=1S/C16H17ClN2O2/c1-11(7-9-20)19-16(21)13-10-12(5-6-14(13)17)15-4-2-3-8-18-15/h2-6,8,10-11,20H,7,9H2,1H3,(H,19,21). The second-order valence-electron chi connectivity index (χ2n) is 4.80. The molecule has 4 nitrogen and oxygen atoms in total. The van der Waals surface area contributed by atoms with Crippen molar-refractivity contribution in [2.24, 2.45) is 0 Å². The van der Waals surface area contributed by atoms with E-state index in [0.717, 1.165) is 11.3 Å². The molecule has 1 heterocycles. The molecule has 0 bridgehead atoms. The molecule has 2 N–H and O–H groups in total. The van der Waals surface area contributed by atoms with E-state index in [1.807, 2.05) is 31.2 Å². The van der Waals surface area contributed by atoms with Crippen LogP contribution in [0.5, 0.6) is 0 Å². The zero-order chi connectivity index (χ0) is 15.2. The first kappa shape index (κ1) is 15.5. The maximum atomic E-state index is 12.2. The minimum absolute atomic E-state index is 0.0309. The van der Waals surface area contributed by atoms with Gasteiger partial charge >= 0.3 is 0 Å². The van der Waals surface area contributed by atoms with Gasteiger partial charge in [-0.05, 0) is 37.6 Å². The van der Waals surface area contributed by atoms with Gasteiger partial charge in [0.1, 0.15) is 0 Å². The van der Waals surface area contributed by atoms with Crippen LogP contribution in [0.25, 0.3) is 11.3 Å². The molecule has 21 heavy (non-hydrogen) atoms. The summed E-state index contributed by atoms with van der Waals surface area (Å²) < 4.78 is 0. The predicted octanol–water partition coefficient (Wildman–Crippen LogP) is 2.90. The van der Waals surface area contributed by atoms with Crippen LogP contribution >= 0.6 is 11.6 Å².